The molecule has 0 bridgehead atoms. The molecule has 1 aliphatic rings. The summed E-state index contributed by atoms with van der Waals surface area (Å²) in [6.07, 6.45) is 0. The molecule has 1 N–H and O–H groups in total. The smallest absolute Gasteiger partial charge is 0.323 e. The first-order valence-corrected chi connectivity index (χ1v) is 6.31. The molecule has 2 rings (SSSR count). The van der Waals surface area contributed by atoms with Crippen LogP contribution in [0.25, 0.3) is 0 Å². The van der Waals surface area contributed by atoms with Crippen LogP contribution in [0.5, 0.6) is 5.75 Å². The summed E-state index contributed by atoms with van der Waals surface area (Å²) in [5.41, 5.74) is 0.991. The van der Waals surface area contributed by atoms with Crippen LogP contribution in [0.1, 0.15) is 12.5 Å². The molecular weight excluding hydrogens is 246 g/mol. The van der Waals surface area contributed by atoms with Crippen molar-refractivity contribution in [2.75, 3.05) is 20.3 Å². The lowest BCUT2D eigenvalue weighted by Gasteiger charge is -2.38. The molecule has 0 unspecified atom stereocenters. The maximum absolute atomic E-state index is 11.3. The molecule has 0 radical (unpaired) electrons. The number of carboxylic acids is 1. The summed E-state index contributed by atoms with van der Waals surface area (Å²) < 4.78 is 10.6. The summed E-state index contributed by atoms with van der Waals surface area (Å²) in [6, 6.07) is 7.14. The third kappa shape index (κ3) is 3.05. The first-order chi connectivity index (χ1) is 9.13. The van der Waals surface area contributed by atoms with Crippen LogP contribution in [0.4, 0.5) is 0 Å². The van der Waals surface area contributed by atoms with E-state index >= 15 is 0 Å². The molecule has 1 aromatic rings. The average molecular weight is 265 g/mol. The van der Waals surface area contributed by atoms with Gasteiger partial charge in [0, 0.05) is 18.2 Å². The molecule has 0 aromatic heterocycles. The van der Waals surface area contributed by atoms with Gasteiger partial charge in [0.25, 0.3) is 0 Å². The molecule has 5 nitrogen and oxygen atoms in total. The Bertz CT molecular complexity index is 449. The van der Waals surface area contributed by atoms with Crippen molar-refractivity contribution in [1.29, 1.82) is 0 Å². The van der Waals surface area contributed by atoms with Crippen molar-refractivity contribution in [2.24, 2.45) is 0 Å². The molecular formula is C14H19NO4. The van der Waals surface area contributed by atoms with E-state index in [0.717, 1.165) is 11.3 Å². The third-order valence-corrected chi connectivity index (χ3v) is 3.43. The van der Waals surface area contributed by atoms with E-state index < -0.39 is 12.0 Å². The number of hydrogen-bond donors (Lipinski definition) is 1. The van der Waals surface area contributed by atoms with E-state index in [1.807, 2.05) is 36.1 Å². The largest absolute Gasteiger partial charge is 0.496 e. The van der Waals surface area contributed by atoms with Crippen molar-refractivity contribution in [3.63, 3.8) is 0 Å². The number of aliphatic carboxylic acids is 1. The Morgan fingerprint density at radius 1 is 1.47 bits per heavy atom. The van der Waals surface area contributed by atoms with E-state index in [4.69, 9.17) is 9.47 Å². The highest BCUT2D eigenvalue weighted by molar-refractivity contribution is 5.73. The zero-order chi connectivity index (χ0) is 13.8. The number of rotatable bonds is 4. The summed E-state index contributed by atoms with van der Waals surface area (Å²) in [6.45, 7) is 3.31. The second kappa shape index (κ2) is 6.04. The zero-order valence-electron chi connectivity index (χ0n) is 11.2. The molecule has 0 saturated carbocycles. The van der Waals surface area contributed by atoms with E-state index in [1.165, 1.54) is 0 Å². The predicted molar refractivity (Wildman–Crippen MR) is 70.2 cm³/mol. The minimum absolute atomic E-state index is 0.0692. The van der Waals surface area contributed by atoms with Crippen molar-refractivity contribution in [3.8, 4) is 5.75 Å². The lowest BCUT2D eigenvalue weighted by molar-refractivity contribution is -0.153. The van der Waals surface area contributed by atoms with Crippen LogP contribution < -0.4 is 4.74 Å². The summed E-state index contributed by atoms with van der Waals surface area (Å²) in [7, 11) is 1.62. The number of carboxylic acid groups (broad SMARTS) is 1. The number of methoxy groups -OCH3 is 1. The van der Waals surface area contributed by atoms with Gasteiger partial charge in [0.1, 0.15) is 11.8 Å². The van der Waals surface area contributed by atoms with E-state index in [9.17, 15) is 9.90 Å². The van der Waals surface area contributed by atoms with Crippen molar-refractivity contribution in [1.82, 2.24) is 4.90 Å². The number of ether oxygens (including phenoxy) is 2. The maximum Gasteiger partial charge on any atom is 0.323 e. The van der Waals surface area contributed by atoms with E-state index in [-0.39, 0.29) is 12.6 Å². The number of hydrogen-bond acceptors (Lipinski definition) is 4. The van der Waals surface area contributed by atoms with Crippen molar-refractivity contribution in [3.05, 3.63) is 29.8 Å². The molecule has 1 saturated heterocycles. The van der Waals surface area contributed by atoms with Gasteiger partial charge in [-0.3, -0.25) is 9.69 Å². The monoisotopic (exact) mass is 265 g/mol. The average Bonchev–Trinajstić information content (AvgIpc) is 2.41. The highest BCUT2D eigenvalue weighted by Gasteiger charge is 2.33. The van der Waals surface area contributed by atoms with Gasteiger partial charge < -0.3 is 14.6 Å². The van der Waals surface area contributed by atoms with Crippen LogP contribution in [0.3, 0.4) is 0 Å². The van der Waals surface area contributed by atoms with Gasteiger partial charge in [0.05, 0.1) is 20.3 Å². The van der Waals surface area contributed by atoms with E-state index in [2.05, 4.69) is 0 Å². The molecule has 1 fully saturated rings. The first kappa shape index (κ1) is 13.8. The van der Waals surface area contributed by atoms with Crippen LogP contribution >= 0.6 is 0 Å². The van der Waals surface area contributed by atoms with Crippen LogP contribution in [0.15, 0.2) is 24.3 Å². The minimum atomic E-state index is -0.846. The van der Waals surface area contributed by atoms with Gasteiger partial charge in [0.2, 0.25) is 0 Å². The second-order valence-electron chi connectivity index (χ2n) is 4.72. The highest BCUT2D eigenvalue weighted by Crippen LogP contribution is 2.23. The highest BCUT2D eigenvalue weighted by atomic mass is 16.5. The molecule has 1 aliphatic heterocycles. The predicted octanol–water partition coefficient (Wildman–Crippen LogP) is 1.37. The zero-order valence-corrected chi connectivity index (χ0v) is 11.2. The fourth-order valence-corrected chi connectivity index (χ4v) is 2.36. The standard InChI is InChI=1S/C14H19NO4/c1-10-8-19-9-12(14(16)17)15(10)7-11-5-3-4-6-13(11)18-2/h3-6,10,12H,7-9H2,1-2H3,(H,16,17)/t10-,12-/m0/s1. The van der Waals surface area contributed by atoms with Crippen LogP contribution in [0.2, 0.25) is 0 Å². The van der Waals surface area contributed by atoms with Gasteiger partial charge in [-0.05, 0) is 13.0 Å². The van der Waals surface area contributed by atoms with Crippen LogP contribution in [-0.2, 0) is 16.1 Å². The fraction of sp³-hybridized carbons (Fsp3) is 0.500. The van der Waals surface area contributed by atoms with Gasteiger partial charge in [-0.15, -0.1) is 0 Å². The lowest BCUT2D eigenvalue weighted by Crippen LogP contribution is -2.53. The number of benzene rings is 1. The van der Waals surface area contributed by atoms with Gasteiger partial charge in [0.15, 0.2) is 0 Å². The summed E-state index contributed by atoms with van der Waals surface area (Å²) in [5, 5.41) is 9.28. The third-order valence-electron chi connectivity index (χ3n) is 3.43. The Morgan fingerprint density at radius 2 is 2.21 bits per heavy atom. The fourth-order valence-electron chi connectivity index (χ4n) is 2.36. The molecule has 5 heteroatoms. The Kier molecular flexibility index (Phi) is 4.39. The van der Waals surface area contributed by atoms with Crippen molar-refractivity contribution in [2.45, 2.75) is 25.6 Å². The Morgan fingerprint density at radius 3 is 2.89 bits per heavy atom. The first-order valence-electron chi connectivity index (χ1n) is 6.31. The maximum atomic E-state index is 11.3. The second-order valence-corrected chi connectivity index (χ2v) is 4.72. The summed E-state index contributed by atoms with van der Waals surface area (Å²) in [5.74, 6) is -0.0632. The minimum Gasteiger partial charge on any atom is -0.496 e. The molecule has 0 amide bonds. The molecule has 104 valence electrons. The quantitative estimate of drug-likeness (QED) is 0.891. The number of morpholine rings is 1. The van der Waals surface area contributed by atoms with Crippen LogP contribution in [-0.4, -0.2) is 48.4 Å². The van der Waals surface area contributed by atoms with Crippen molar-refractivity contribution >= 4 is 5.97 Å². The number of para-hydroxylation sites is 1. The number of carbonyl (C=O) groups is 1. The molecule has 2 atom stereocenters. The Labute approximate surface area is 112 Å². The Hall–Kier alpha value is -1.59. The summed E-state index contributed by atoms with van der Waals surface area (Å²) >= 11 is 0. The van der Waals surface area contributed by atoms with Crippen LogP contribution in [0, 0.1) is 0 Å². The molecule has 0 spiro atoms. The van der Waals surface area contributed by atoms with Gasteiger partial charge in [-0.1, -0.05) is 18.2 Å². The lowest BCUT2D eigenvalue weighted by atomic mass is 10.1. The molecule has 1 aromatic carbocycles. The normalized spacial score (nSPS) is 24.1. The van der Waals surface area contributed by atoms with Gasteiger partial charge in [-0.2, -0.15) is 0 Å². The molecule has 0 aliphatic carbocycles. The Balaban J connectivity index is 2.20. The van der Waals surface area contributed by atoms with Gasteiger partial charge in [-0.25, -0.2) is 0 Å². The summed E-state index contributed by atoms with van der Waals surface area (Å²) in [4.78, 5) is 13.3. The van der Waals surface area contributed by atoms with Gasteiger partial charge >= 0.3 is 5.97 Å². The molecule has 19 heavy (non-hydrogen) atoms. The van der Waals surface area contributed by atoms with E-state index in [1.54, 1.807) is 7.11 Å². The topological polar surface area (TPSA) is 59.0 Å². The van der Waals surface area contributed by atoms with E-state index in [0.29, 0.717) is 13.2 Å². The molecule has 1 heterocycles. The van der Waals surface area contributed by atoms with Crippen molar-refractivity contribution < 1.29 is 19.4 Å². The number of nitrogens with zero attached hydrogens (tertiary/aromatic N) is 1. The SMILES string of the molecule is COc1ccccc1CN1[C@@H](C)COC[C@H]1C(=O)O.